The van der Waals surface area contributed by atoms with Gasteiger partial charge in [-0.3, -0.25) is 4.79 Å². The second kappa shape index (κ2) is 8.19. The van der Waals surface area contributed by atoms with Gasteiger partial charge in [-0.15, -0.1) is 12.4 Å². The van der Waals surface area contributed by atoms with Crippen LogP contribution in [0.1, 0.15) is 16.1 Å². The number of nitrogens with zero attached hydrogens (tertiary/aromatic N) is 3. The molecule has 1 fully saturated rings. The number of amides is 1. The maximum atomic E-state index is 13.4. The summed E-state index contributed by atoms with van der Waals surface area (Å²) in [4.78, 5) is 21.6. The number of rotatable bonds is 4. The zero-order valence-electron chi connectivity index (χ0n) is 13.2. The molecule has 3 rings (SSSR count). The minimum atomic E-state index is -1.41. The van der Waals surface area contributed by atoms with Crippen molar-refractivity contribution in [2.24, 2.45) is 5.73 Å². The first kappa shape index (κ1) is 19.0. The molecule has 1 aliphatic heterocycles. The molecule has 7 nitrogen and oxygen atoms in total. The van der Waals surface area contributed by atoms with Crippen molar-refractivity contribution in [2.45, 2.75) is 18.8 Å². The lowest BCUT2D eigenvalue weighted by Crippen LogP contribution is -2.29. The molecule has 0 spiro atoms. The number of carbonyl (C=O) groups excluding carboxylic acids is 1. The van der Waals surface area contributed by atoms with Gasteiger partial charge in [0.05, 0.1) is 12.2 Å². The fraction of sp³-hybridized carbons (Fsp3) is 0.312. The molecule has 2 heterocycles. The molecular weight excluding hydrogens is 351 g/mol. The van der Waals surface area contributed by atoms with E-state index in [1.165, 1.54) is 11.2 Å². The topological polar surface area (TPSA) is 102 Å². The van der Waals surface area contributed by atoms with Crippen LogP contribution in [0.3, 0.4) is 0 Å². The molecule has 2 atom stereocenters. The van der Waals surface area contributed by atoms with Crippen molar-refractivity contribution in [1.82, 2.24) is 14.9 Å². The van der Waals surface area contributed by atoms with Gasteiger partial charge in [0.25, 0.3) is 5.91 Å². The third kappa shape index (κ3) is 4.41. The largest absolute Gasteiger partial charge is 0.439 e. The highest BCUT2D eigenvalue weighted by molar-refractivity contribution is 5.94. The molecule has 1 aromatic heterocycles. The smallest absolute Gasteiger partial charge is 0.254 e. The molecule has 0 aliphatic carbocycles. The summed E-state index contributed by atoms with van der Waals surface area (Å²) in [6.07, 6.45) is -1.20. The Hall–Kier alpha value is -2.29. The summed E-state index contributed by atoms with van der Waals surface area (Å²) in [5.74, 6) is 0.375. The number of ether oxygens (including phenoxy) is 1. The molecule has 0 bridgehead atoms. The predicted molar refractivity (Wildman–Crippen MR) is 90.5 cm³/mol. The van der Waals surface area contributed by atoms with Gasteiger partial charge in [0.1, 0.15) is 24.4 Å². The van der Waals surface area contributed by atoms with E-state index < -0.39 is 12.3 Å². The van der Waals surface area contributed by atoms with Crippen LogP contribution >= 0.6 is 12.4 Å². The quantitative estimate of drug-likeness (QED) is 0.843. The minimum Gasteiger partial charge on any atom is -0.439 e. The van der Waals surface area contributed by atoms with E-state index in [4.69, 9.17) is 10.5 Å². The normalized spacial score (nSPS) is 19.4. The van der Waals surface area contributed by atoms with E-state index in [9.17, 15) is 14.3 Å². The van der Waals surface area contributed by atoms with Gasteiger partial charge in [-0.25, -0.2) is 14.4 Å². The Morgan fingerprint density at radius 1 is 1.36 bits per heavy atom. The van der Waals surface area contributed by atoms with Crippen LogP contribution in [-0.2, 0) is 6.54 Å². The maximum absolute atomic E-state index is 13.4. The van der Waals surface area contributed by atoms with Crippen molar-refractivity contribution in [1.29, 1.82) is 0 Å². The van der Waals surface area contributed by atoms with Crippen LogP contribution in [0.25, 0.3) is 0 Å². The Labute approximate surface area is 150 Å². The Morgan fingerprint density at radius 2 is 2.16 bits per heavy atom. The third-order valence-corrected chi connectivity index (χ3v) is 3.72. The third-order valence-electron chi connectivity index (χ3n) is 3.72. The van der Waals surface area contributed by atoms with E-state index in [1.54, 1.807) is 30.3 Å². The van der Waals surface area contributed by atoms with Crippen LogP contribution in [0.15, 0.2) is 36.7 Å². The van der Waals surface area contributed by atoms with Crippen molar-refractivity contribution in [2.75, 3.05) is 13.1 Å². The number of likely N-dealkylation sites (tertiary alicyclic amines) is 1. The number of aliphatic hydroxyl groups excluding tert-OH is 1. The molecule has 1 saturated heterocycles. The second-order valence-corrected chi connectivity index (χ2v) is 5.48. The van der Waals surface area contributed by atoms with Crippen LogP contribution in [-0.4, -0.2) is 51.2 Å². The summed E-state index contributed by atoms with van der Waals surface area (Å²) >= 11 is 0. The number of carbonyl (C=O) groups is 1. The molecular formula is C16H18ClFN4O3. The van der Waals surface area contributed by atoms with Gasteiger partial charge in [-0.05, 0) is 18.2 Å². The molecule has 25 heavy (non-hydrogen) atoms. The van der Waals surface area contributed by atoms with Crippen molar-refractivity contribution in [3.63, 3.8) is 0 Å². The van der Waals surface area contributed by atoms with Crippen molar-refractivity contribution < 1.29 is 19.0 Å². The van der Waals surface area contributed by atoms with Gasteiger partial charge < -0.3 is 20.5 Å². The van der Waals surface area contributed by atoms with Crippen molar-refractivity contribution in [3.8, 4) is 11.6 Å². The average molecular weight is 369 g/mol. The first-order valence-corrected chi connectivity index (χ1v) is 7.47. The van der Waals surface area contributed by atoms with Gasteiger partial charge in [-0.2, -0.15) is 0 Å². The maximum Gasteiger partial charge on any atom is 0.254 e. The molecule has 2 aromatic rings. The Kier molecular flexibility index (Phi) is 6.24. The summed E-state index contributed by atoms with van der Waals surface area (Å²) in [6.45, 7) is 0.132. The van der Waals surface area contributed by atoms with Crippen LogP contribution in [0.4, 0.5) is 4.39 Å². The van der Waals surface area contributed by atoms with Gasteiger partial charge in [0.15, 0.2) is 0 Å². The second-order valence-electron chi connectivity index (χ2n) is 5.48. The Balaban J connectivity index is 0.00000225. The van der Waals surface area contributed by atoms with Crippen LogP contribution in [0.5, 0.6) is 11.6 Å². The summed E-state index contributed by atoms with van der Waals surface area (Å²) in [7, 11) is 0. The van der Waals surface area contributed by atoms with E-state index in [0.29, 0.717) is 22.9 Å². The monoisotopic (exact) mass is 368 g/mol. The highest BCUT2D eigenvalue weighted by Gasteiger charge is 2.34. The number of benzene rings is 1. The number of halogens is 2. The first-order chi connectivity index (χ1) is 11.6. The number of alkyl halides is 1. The average Bonchev–Trinajstić information content (AvgIpc) is 2.93. The Bertz CT molecular complexity index is 739. The first-order valence-electron chi connectivity index (χ1n) is 7.47. The van der Waals surface area contributed by atoms with Crippen LogP contribution in [0.2, 0.25) is 0 Å². The number of nitrogens with two attached hydrogens (primary N) is 1. The molecule has 134 valence electrons. The Morgan fingerprint density at radius 3 is 2.84 bits per heavy atom. The summed E-state index contributed by atoms with van der Waals surface area (Å²) < 4.78 is 19.0. The fourth-order valence-electron chi connectivity index (χ4n) is 2.45. The lowest BCUT2D eigenvalue weighted by Gasteiger charge is -2.15. The fourth-order valence-corrected chi connectivity index (χ4v) is 2.45. The number of β-amino-alcohol motifs (C(OH)–C–C–N with tert-alkyl or cyclic N) is 1. The van der Waals surface area contributed by atoms with Crippen molar-refractivity contribution >= 4 is 18.3 Å². The van der Waals surface area contributed by atoms with E-state index in [0.717, 1.165) is 0 Å². The van der Waals surface area contributed by atoms with Gasteiger partial charge >= 0.3 is 0 Å². The zero-order valence-corrected chi connectivity index (χ0v) is 14.0. The summed E-state index contributed by atoms with van der Waals surface area (Å²) in [5.41, 5.74) is 6.50. The van der Waals surface area contributed by atoms with Crippen LogP contribution < -0.4 is 10.5 Å². The molecule has 9 heteroatoms. The standard InChI is InChI=1S/C16H17FN4O3.ClH/c17-13-7-21(8-14(13)22)16(23)10-2-1-3-12(4-10)24-15-5-11(6-18)19-9-20-15;/h1-5,9,13-14,22H,6-8,18H2;1H/t13-,14-;/m1./s1. The lowest BCUT2D eigenvalue weighted by molar-refractivity contribution is 0.0764. The van der Waals surface area contributed by atoms with Gasteiger partial charge in [0.2, 0.25) is 5.88 Å². The molecule has 1 amide bonds. The summed E-state index contributed by atoms with van der Waals surface area (Å²) in [5, 5.41) is 9.44. The highest BCUT2D eigenvalue weighted by atomic mass is 35.5. The van der Waals surface area contributed by atoms with Gasteiger partial charge in [0, 0.05) is 24.7 Å². The number of aromatic nitrogens is 2. The van der Waals surface area contributed by atoms with E-state index in [2.05, 4.69) is 9.97 Å². The van der Waals surface area contributed by atoms with E-state index in [1.807, 2.05) is 0 Å². The van der Waals surface area contributed by atoms with Crippen LogP contribution in [0, 0.1) is 0 Å². The molecule has 1 aromatic carbocycles. The number of hydrogen-bond donors (Lipinski definition) is 2. The van der Waals surface area contributed by atoms with Crippen molar-refractivity contribution in [3.05, 3.63) is 47.9 Å². The zero-order chi connectivity index (χ0) is 17.1. The molecule has 3 N–H and O–H groups in total. The van der Waals surface area contributed by atoms with E-state index >= 15 is 0 Å². The SMILES string of the molecule is Cl.NCc1cc(Oc2cccc(C(=O)N3C[C@@H](O)[C@H](F)C3)c2)ncn1. The van der Waals surface area contributed by atoms with E-state index in [-0.39, 0.29) is 37.9 Å². The summed E-state index contributed by atoms with van der Waals surface area (Å²) in [6, 6.07) is 8.10. The molecule has 1 aliphatic rings. The lowest BCUT2D eigenvalue weighted by atomic mass is 10.2. The number of aliphatic hydroxyl groups is 1. The molecule has 0 unspecified atom stereocenters. The highest BCUT2D eigenvalue weighted by Crippen LogP contribution is 2.23. The predicted octanol–water partition coefficient (Wildman–Crippen LogP) is 1.30. The molecule has 0 radical (unpaired) electrons. The molecule has 0 saturated carbocycles. The van der Waals surface area contributed by atoms with Gasteiger partial charge in [-0.1, -0.05) is 6.07 Å². The minimum absolute atomic E-state index is 0. The number of hydrogen-bond acceptors (Lipinski definition) is 6.